The van der Waals surface area contributed by atoms with Crippen molar-refractivity contribution in [2.24, 2.45) is 7.05 Å². The molecule has 0 bridgehead atoms. The van der Waals surface area contributed by atoms with Crippen LogP contribution < -0.4 is 0 Å². The third kappa shape index (κ3) is 3.74. The summed E-state index contributed by atoms with van der Waals surface area (Å²) in [5.41, 5.74) is 8.29. The molecular formula is C25H26N4O2. The molecule has 0 fully saturated rings. The number of hydrogen-bond donors (Lipinski definition) is 0. The molecule has 0 spiro atoms. The van der Waals surface area contributed by atoms with Gasteiger partial charge in [0.2, 0.25) is 0 Å². The molecule has 6 heteroatoms. The summed E-state index contributed by atoms with van der Waals surface area (Å²) in [6, 6.07) is 14.4. The lowest BCUT2D eigenvalue weighted by Gasteiger charge is -2.06. The monoisotopic (exact) mass is 414 g/mol. The molecule has 0 unspecified atom stereocenters. The van der Waals surface area contributed by atoms with Gasteiger partial charge in [-0.2, -0.15) is 5.10 Å². The molecule has 0 aliphatic carbocycles. The minimum atomic E-state index is -0.261. The smallest absolute Gasteiger partial charge is 0.312 e. The summed E-state index contributed by atoms with van der Waals surface area (Å²) in [6.45, 7) is 5.44. The molecule has 4 aromatic rings. The molecule has 31 heavy (non-hydrogen) atoms. The fourth-order valence-corrected chi connectivity index (χ4v) is 4.42. The van der Waals surface area contributed by atoms with Gasteiger partial charge in [0, 0.05) is 31.3 Å². The number of aromatic nitrogens is 4. The maximum absolute atomic E-state index is 12.5. The molecule has 6 nitrogen and oxygen atoms in total. The lowest BCUT2D eigenvalue weighted by atomic mass is 10.0. The molecule has 0 saturated heterocycles. The number of ether oxygens (including phenoxy) is 1. The van der Waals surface area contributed by atoms with Crippen molar-refractivity contribution in [3.8, 4) is 11.3 Å². The summed E-state index contributed by atoms with van der Waals surface area (Å²) in [5.74, 6) is 0.891. The molecule has 2 aromatic carbocycles. The Balaban J connectivity index is 1.26. The second-order valence-electron chi connectivity index (χ2n) is 8.41. The molecule has 158 valence electrons. The topological polar surface area (TPSA) is 61.9 Å². The number of carbonyl (C=O) groups excluding carboxylic acids is 1. The van der Waals surface area contributed by atoms with Crippen LogP contribution in [0.15, 0.2) is 42.5 Å². The molecule has 1 aliphatic rings. The van der Waals surface area contributed by atoms with Crippen molar-refractivity contribution in [2.75, 3.05) is 0 Å². The Labute approximate surface area is 181 Å². The Morgan fingerprint density at radius 1 is 1.13 bits per heavy atom. The SMILES string of the molecule is Cc1ccc(-c2cc(CC(=O)OCc3ccc4c(c3)nc3n4CCC3)n(C)n2)c(C)c1. The third-order valence-corrected chi connectivity index (χ3v) is 6.03. The van der Waals surface area contributed by atoms with Gasteiger partial charge in [-0.05, 0) is 49.6 Å². The standard InChI is InChI=1S/C25H26N4O2/c1-16-6-8-20(17(2)11-16)21-13-19(28(3)27-21)14-25(30)31-15-18-7-9-23-22(12-18)26-24-5-4-10-29(23)24/h6-9,11-13H,4-5,10,14-15H2,1-3H3. The molecule has 0 amide bonds. The number of rotatable bonds is 5. The van der Waals surface area contributed by atoms with Crippen molar-refractivity contribution in [1.29, 1.82) is 0 Å². The zero-order valence-electron chi connectivity index (χ0n) is 18.2. The van der Waals surface area contributed by atoms with E-state index < -0.39 is 0 Å². The third-order valence-electron chi connectivity index (χ3n) is 6.03. The highest BCUT2D eigenvalue weighted by atomic mass is 16.5. The van der Waals surface area contributed by atoms with Crippen LogP contribution in [0.1, 0.15) is 34.6 Å². The Morgan fingerprint density at radius 2 is 2.00 bits per heavy atom. The Kier molecular flexibility index (Phi) is 4.85. The quantitative estimate of drug-likeness (QED) is 0.457. The minimum absolute atomic E-state index is 0.190. The van der Waals surface area contributed by atoms with Gasteiger partial charge in [0.05, 0.1) is 23.1 Å². The molecule has 1 aliphatic heterocycles. The highest BCUT2D eigenvalue weighted by Crippen LogP contribution is 2.25. The van der Waals surface area contributed by atoms with E-state index in [-0.39, 0.29) is 19.0 Å². The van der Waals surface area contributed by atoms with Crippen LogP contribution in [-0.4, -0.2) is 25.3 Å². The van der Waals surface area contributed by atoms with Gasteiger partial charge in [-0.3, -0.25) is 9.48 Å². The van der Waals surface area contributed by atoms with E-state index in [1.54, 1.807) is 4.68 Å². The van der Waals surface area contributed by atoms with Crippen LogP contribution in [0.5, 0.6) is 0 Å². The number of carbonyl (C=O) groups is 1. The van der Waals surface area contributed by atoms with E-state index in [0.29, 0.717) is 0 Å². The van der Waals surface area contributed by atoms with Gasteiger partial charge in [0.15, 0.2) is 0 Å². The van der Waals surface area contributed by atoms with Crippen molar-refractivity contribution in [2.45, 2.75) is 46.3 Å². The molecule has 2 aromatic heterocycles. The average molecular weight is 415 g/mol. The Bertz CT molecular complexity index is 1300. The van der Waals surface area contributed by atoms with Crippen LogP contribution in [0, 0.1) is 13.8 Å². The lowest BCUT2D eigenvalue weighted by Crippen LogP contribution is -2.11. The van der Waals surface area contributed by atoms with E-state index in [1.165, 1.54) is 11.1 Å². The van der Waals surface area contributed by atoms with E-state index in [4.69, 9.17) is 9.72 Å². The van der Waals surface area contributed by atoms with E-state index in [0.717, 1.165) is 58.8 Å². The van der Waals surface area contributed by atoms with Gasteiger partial charge in [-0.15, -0.1) is 0 Å². The highest BCUT2D eigenvalue weighted by molar-refractivity contribution is 5.77. The zero-order valence-corrected chi connectivity index (χ0v) is 18.2. The van der Waals surface area contributed by atoms with Gasteiger partial charge in [-0.1, -0.05) is 29.8 Å². The van der Waals surface area contributed by atoms with Crippen LogP contribution in [0.25, 0.3) is 22.3 Å². The number of nitrogens with zero attached hydrogens (tertiary/aromatic N) is 4. The first-order chi connectivity index (χ1) is 15.0. The van der Waals surface area contributed by atoms with E-state index in [9.17, 15) is 4.79 Å². The van der Waals surface area contributed by atoms with E-state index >= 15 is 0 Å². The number of esters is 1. The molecule has 5 rings (SSSR count). The predicted octanol–water partition coefficient (Wildman–Crippen LogP) is 4.29. The first-order valence-corrected chi connectivity index (χ1v) is 10.7. The second kappa shape index (κ2) is 7.69. The summed E-state index contributed by atoms with van der Waals surface area (Å²) < 4.78 is 9.59. The van der Waals surface area contributed by atoms with E-state index in [1.807, 2.05) is 25.2 Å². The van der Waals surface area contributed by atoms with Gasteiger partial charge in [0.25, 0.3) is 0 Å². The number of hydrogen-bond acceptors (Lipinski definition) is 4. The summed E-state index contributed by atoms with van der Waals surface area (Å²) in [4.78, 5) is 17.2. The normalized spacial score (nSPS) is 13.0. The molecular weight excluding hydrogens is 388 g/mol. The highest BCUT2D eigenvalue weighted by Gasteiger charge is 2.17. The van der Waals surface area contributed by atoms with Gasteiger partial charge in [0.1, 0.15) is 12.4 Å². The van der Waals surface area contributed by atoms with Crippen LogP contribution in [0.3, 0.4) is 0 Å². The Hall–Kier alpha value is -3.41. The first-order valence-electron chi connectivity index (χ1n) is 10.7. The van der Waals surface area contributed by atoms with Crippen molar-refractivity contribution in [3.63, 3.8) is 0 Å². The fraction of sp³-hybridized carbons (Fsp3) is 0.320. The number of imidazole rings is 1. The van der Waals surface area contributed by atoms with Gasteiger partial charge in [-0.25, -0.2) is 4.98 Å². The molecule has 0 radical (unpaired) electrons. The average Bonchev–Trinajstić information content (AvgIpc) is 3.41. The number of aryl methyl sites for hydroxylation is 5. The lowest BCUT2D eigenvalue weighted by molar-refractivity contribution is -0.144. The maximum Gasteiger partial charge on any atom is 0.312 e. The van der Waals surface area contributed by atoms with Crippen LogP contribution in [-0.2, 0) is 42.6 Å². The maximum atomic E-state index is 12.5. The first kappa shape index (κ1) is 19.5. The largest absolute Gasteiger partial charge is 0.461 e. The molecule has 0 saturated carbocycles. The number of fused-ring (bicyclic) bond motifs is 3. The van der Waals surface area contributed by atoms with E-state index in [2.05, 4.69) is 47.8 Å². The second-order valence-corrected chi connectivity index (χ2v) is 8.41. The number of benzene rings is 2. The summed E-state index contributed by atoms with van der Waals surface area (Å²) in [6.07, 6.45) is 2.39. The van der Waals surface area contributed by atoms with Crippen molar-refractivity contribution in [1.82, 2.24) is 19.3 Å². The van der Waals surface area contributed by atoms with Crippen LogP contribution in [0.4, 0.5) is 0 Å². The van der Waals surface area contributed by atoms with Crippen LogP contribution in [0.2, 0.25) is 0 Å². The zero-order chi connectivity index (χ0) is 21.5. The molecule has 0 atom stereocenters. The van der Waals surface area contributed by atoms with Gasteiger partial charge >= 0.3 is 5.97 Å². The van der Waals surface area contributed by atoms with Crippen molar-refractivity contribution < 1.29 is 9.53 Å². The summed E-state index contributed by atoms with van der Waals surface area (Å²) in [5, 5.41) is 4.60. The molecule has 3 heterocycles. The van der Waals surface area contributed by atoms with Crippen molar-refractivity contribution in [3.05, 3.63) is 70.7 Å². The summed E-state index contributed by atoms with van der Waals surface area (Å²) in [7, 11) is 1.86. The Morgan fingerprint density at radius 3 is 2.84 bits per heavy atom. The molecule has 0 N–H and O–H groups in total. The minimum Gasteiger partial charge on any atom is -0.461 e. The summed E-state index contributed by atoms with van der Waals surface area (Å²) >= 11 is 0. The van der Waals surface area contributed by atoms with Crippen LogP contribution >= 0.6 is 0 Å². The fourth-order valence-electron chi connectivity index (χ4n) is 4.42. The van der Waals surface area contributed by atoms with Crippen molar-refractivity contribution >= 4 is 17.0 Å². The predicted molar refractivity (Wildman–Crippen MR) is 120 cm³/mol. The van der Waals surface area contributed by atoms with Gasteiger partial charge < -0.3 is 9.30 Å².